The number of amides is 1. The molecule has 0 unspecified atom stereocenters. The molecule has 2 aromatic rings. The molecule has 25 heavy (non-hydrogen) atoms. The molecule has 2 rings (SSSR count). The summed E-state index contributed by atoms with van der Waals surface area (Å²) in [6.45, 7) is 6.05. The standard InChI is InChI=1S/C21H28N2O2/c1-17(2)23(15-19-8-5-4-6-9-19)16-21(24)22-13-12-18-10-7-11-20(14-18)25-3/h4-11,14,17H,12-13,15-16H2,1-3H3,(H,22,24). The van der Waals surface area contributed by atoms with Crippen LogP contribution in [0.15, 0.2) is 54.6 Å². The van der Waals surface area contributed by atoms with Crippen LogP contribution in [0.4, 0.5) is 0 Å². The zero-order valence-electron chi connectivity index (χ0n) is 15.4. The molecule has 0 radical (unpaired) electrons. The fourth-order valence-corrected chi connectivity index (χ4v) is 2.65. The quantitative estimate of drug-likeness (QED) is 0.762. The molecule has 0 aliphatic rings. The highest BCUT2D eigenvalue weighted by atomic mass is 16.5. The van der Waals surface area contributed by atoms with E-state index in [0.29, 0.717) is 19.1 Å². The van der Waals surface area contributed by atoms with Gasteiger partial charge in [0.15, 0.2) is 0 Å². The molecule has 134 valence electrons. The van der Waals surface area contributed by atoms with Crippen LogP contribution in [0.25, 0.3) is 0 Å². The lowest BCUT2D eigenvalue weighted by molar-refractivity contribution is -0.122. The first kappa shape index (κ1) is 19.0. The van der Waals surface area contributed by atoms with Crippen LogP contribution < -0.4 is 10.1 Å². The van der Waals surface area contributed by atoms with Crippen molar-refractivity contribution in [2.75, 3.05) is 20.2 Å². The molecule has 0 bridgehead atoms. The average molecular weight is 340 g/mol. The summed E-state index contributed by atoms with van der Waals surface area (Å²) < 4.78 is 5.22. The van der Waals surface area contributed by atoms with Crippen LogP contribution in [0.5, 0.6) is 5.75 Å². The average Bonchev–Trinajstić information content (AvgIpc) is 2.62. The fourth-order valence-electron chi connectivity index (χ4n) is 2.65. The first-order chi connectivity index (χ1) is 12.1. The Bertz CT molecular complexity index is 656. The molecule has 4 nitrogen and oxygen atoms in total. The number of nitrogens with zero attached hydrogens (tertiary/aromatic N) is 1. The molecule has 0 aromatic heterocycles. The summed E-state index contributed by atoms with van der Waals surface area (Å²) in [6.07, 6.45) is 0.795. The van der Waals surface area contributed by atoms with Gasteiger partial charge in [0.1, 0.15) is 5.75 Å². The minimum absolute atomic E-state index is 0.0625. The smallest absolute Gasteiger partial charge is 0.234 e. The van der Waals surface area contributed by atoms with E-state index in [4.69, 9.17) is 4.74 Å². The lowest BCUT2D eigenvalue weighted by Gasteiger charge is -2.26. The number of nitrogens with one attached hydrogen (secondary N) is 1. The predicted molar refractivity (Wildman–Crippen MR) is 102 cm³/mol. The molecule has 0 spiro atoms. The predicted octanol–water partition coefficient (Wildman–Crippen LogP) is 3.26. The number of carbonyl (C=O) groups excluding carboxylic acids is 1. The Labute approximate surface area is 150 Å². The number of rotatable bonds is 9. The van der Waals surface area contributed by atoms with Crippen molar-refractivity contribution >= 4 is 5.91 Å². The van der Waals surface area contributed by atoms with Crippen LogP contribution in [0.1, 0.15) is 25.0 Å². The van der Waals surface area contributed by atoms with Gasteiger partial charge in [-0.1, -0.05) is 42.5 Å². The topological polar surface area (TPSA) is 41.6 Å². The van der Waals surface area contributed by atoms with Gasteiger partial charge < -0.3 is 10.1 Å². The SMILES string of the molecule is COc1cccc(CCNC(=O)CN(Cc2ccccc2)C(C)C)c1. The number of methoxy groups -OCH3 is 1. The first-order valence-corrected chi connectivity index (χ1v) is 8.76. The summed E-state index contributed by atoms with van der Waals surface area (Å²) in [7, 11) is 1.66. The van der Waals surface area contributed by atoms with Crippen molar-refractivity contribution in [3.63, 3.8) is 0 Å². The lowest BCUT2D eigenvalue weighted by atomic mass is 10.1. The van der Waals surface area contributed by atoms with Gasteiger partial charge in [-0.3, -0.25) is 9.69 Å². The number of benzene rings is 2. The molecule has 2 aromatic carbocycles. The van der Waals surface area contributed by atoms with Gasteiger partial charge in [-0.05, 0) is 43.5 Å². The van der Waals surface area contributed by atoms with Crippen LogP contribution in [-0.2, 0) is 17.8 Å². The highest BCUT2D eigenvalue weighted by Crippen LogP contribution is 2.12. The number of hydrogen-bond acceptors (Lipinski definition) is 3. The Kier molecular flexibility index (Phi) is 7.48. The van der Waals surface area contributed by atoms with Crippen molar-refractivity contribution in [3.8, 4) is 5.75 Å². The molecule has 0 saturated heterocycles. The molecule has 1 amide bonds. The first-order valence-electron chi connectivity index (χ1n) is 8.76. The second-order valence-electron chi connectivity index (χ2n) is 6.44. The van der Waals surface area contributed by atoms with Crippen LogP contribution >= 0.6 is 0 Å². The third kappa shape index (κ3) is 6.59. The second-order valence-corrected chi connectivity index (χ2v) is 6.44. The van der Waals surface area contributed by atoms with E-state index in [-0.39, 0.29) is 5.91 Å². The van der Waals surface area contributed by atoms with Crippen molar-refractivity contribution in [2.45, 2.75) is 32.9 Å². The van der Waals surface area contributed by atoms with Crippen LogP contribution in [-0.4, -0.2) is 37.0 Å². The van der Waals surface area contributed by atoms with Crippen LogP contribution in [0.3, 0.4) is 0 Å². The van der Waals surface area contributed by atoms with E-state index in [9.17, 15) is 4.79 Å². The largest absolute Gasteiger partial charge is 0.497 e. The van der Waals surface area contributed by atoms with Gasteiger partial charge in [-0.25, -0.2) is 0 Å². The fraction of sp³-hybridized carbons (Fsp3) is 0.381. The van der Waals surface area contributed by atoms with Crippen molar-refractivity contribution in [3.05, 3.63) is 65.7 Å². The Morgan fingerprint density at radius 3 is 2.48 bits per heavy atom. The van der Waals surface area contributed by atoms with E-state index in [2.05, 4.69) is 36.2 Å². The van der Waals surface area contributed by atoms with Gasteiger partial charge in [-0.2, -0.15) is 0 Å². The molecule has 0 atom stereocenters. The monoisotopic (exact) mass is 340 g/mol. The summed E-state index contributed by atoms with van der Waals surface area (Å²) in [4.78, 5) is 14.5. The highest BCUT2D eigenvalue weighted by molar-refractivity contribution is 5.78. The van der Waals surface area contributed by atoms with Crippen LogP contribution in [0, 0.1) is 0 Å². The second kappa shape index (κ2) is 9.84. The van der Waals surface area contributed by atoms with E-state index in [1.54, 1.807) is 7.11 Å². The molecular weight excluding hydrogens is 312 g/mol. The van der Waals surface area contributed by atoms with Gasteiger partial charge in [0.25, 0.3) is 0 Å². The van der Waals surface area contributed by atoms with E-state index in [0.717, 1.165) is 24.3 Å². The molecule has 0 heterocycles. The minimum Gasteiger partial charge on any atom is -0.497 e. The number of hydrogen-bond donors (Lipinski definition) is 1. The summed E-state index contributed by atoms with van der Waals surface area (Å²) in [5.74, 6) is 0.908. The van der Waals surface area contributed by atoms with Gasteiger partial charge in [0.2, 0.25) is 5.91 Å². The van der Waals surface area contributed by atoms with Crippen molar-refractivity contribution < 1.29 is 9.53 Å². The third-order valence-corrected chi connectivity index (χ3v) is 4.18. The number of ether oxygens (including phenoxy) is 1. The number of carbonyl (C=O) groups is 1. The Balaban J connectivity index is 1.80. The summed E-state index contributed by atoms with van der Waals surface area (Å²) in [6, 6.07) is 18.5. The maximum atomic E-state index is 12.3. The summed E-state index contributed by atoms with van der Waals surface area (Å²) >= 11 is 0. The van der Waals surface area contributed by atoms with E-state index in [1.165, 1.54) is 5.56 Å². The maximum Gasteiger partial charge on any atom is 0.234 e. The Hall–Kier alpha value is -2.33. The lowest BCUT2D eigenvalue weighted by Crippen LogP contribution is -2.40. The zero-order valence-corrected chi connectivity index (χ0v) is 15.4. The third-order valence-electron chi connectivity index (χ3n) is 4.18. The molecule has 1 N–H and O–H groups in total. The van der Waals surface area contributed by atoms with Gasteiger partial charge >= 0.3 is 0 Å². The molecule has 0 aliphatic heterocycles. The van der Waals surface area contributed by atoms with E-state index < -0.39 is 0 Å². The molecule has 0 fully saturated rings. The molecule has 0 saturated carbocycles. The summed E-state index contributed by atoms with van der Waals surface area (Å²) in [5, 5.41) is 3.02. The van der Waals surface area contributed by atoms with E-state index in [1.807, 2.05) is 42.5 Å². The van der Waals surface area contributed by atoms with Gasteiger partial charge in [0, 0.05) is 19.1 Å². The van der Waals surface area contributed by atoms with Crippen molar-refractivity contribution in [1.29, 1.82) is 0 Å². The van der Waals surface area contributed by atoms with Gasteiger partial charge in [-0.15, -0.1) is 0 Å². The molecular formula is C21H28N2O2. The minimum atomic E-state index is 0.0625. The van der Waals surface area contributed by atoms with Crippen molar-refractivity contribution in [1.82, 2.24) is 10.2 Å². The Morgan fingerprint density at radius 1 is 1.08 bits per heavy atom. The van der Waals surface area contributed by atoms with Crippen molar-refractivity contribution in [2.24, 2.45) is 0 Å². The molecule has 4 heteroatoms. The summed E-state index contributed by atoms with van der Waals surface area (Å²) in [5.41, 5.74) is 2.38. The Morgan fingerprint density at radius 2 is 1.80 bits per heavy atom. The zero-order chi connectivity index (χ0) is 18.1. The van der Waals surface area contributed by atoms with E-state index >= 15 is 0 Å². The maximum absolute atomic E-state index is 12.3. The van der Waals surface area contributed by atoms with Gasteiger partial charge in [0.05, 0.1) is 13.7 Å². The normalized spacial score (nSPS) is 10.9. The van der Waals surface area contributed by atoms with Crippen LogP contribution in [0.2, 0.25) is 0 Å². The highest BCUT2D eigenvalue weighted by Gasteiger charge is 2.14. The molecule has 0 aliphatic carbocycles.